The molecule has 6 nitrogen and oxygen atoms in total. The summed E-state index contributed by atoms with van der Waals surface area (Å²) in [6.07, 6.45) is 1.11. The van der Waals surface area contributed by atoms with Crippen molar-refractivity contribution in [2.24, 2.45) is 0 Å². The maximum Gasteiger partial charge on any atom is 0.234 e. The van der Waals surface area contributed by atoms with E-state index in [1.165, 1.54) is 0 Å². The van der Waals surface area contributed by atoms with E-state index in [1.807, 2.05) is 4.90 Å². The lowest BCUT2D eigenvalue weighted by Crippen LogP contribution is -2.47. The summed E-state index contributed by atoms with van der Waals surface area (Å²) in [4.78, 5) is 25.1. The molecule has 0 atom stereocenters. The molecule has 2 amide bonds. The zero-order chi connectivity index (χ0) is 15.2. The molecule has 2 rings (SSSR count). The lowest BCUT2D eigenvalue weighted by atomic mass is 10.2. The maximum absolute atomic E-state index is 11.8. The Morgan fingerprint density at radius 2 is 2.29 bits per heavy atom. The van der Waals surface area contributed by atoms with Crippen LogP contribution in [0.3, 0.4) is 0 Å². The number of nitrogens with two attached hydrogens (primary N) is 1. The number of carbonyl (C=O) groups excluding carboxylic acids is 2. The van der Waals surface area contributed by atoms with Crippen LogP contribution in [0.4, 0.5) is 11.4 Å². The Balaban J connectivity index is 1.72. The lowest BCUT2D eigenvalue weighted by Gasteiger charge is -2.26. The van der Waals surface area contributed by atoms with Crippen LogP contribution in [-0.2, 0) is 9.59 Å². The fourth-order valence-corrected chi connectivity index (χ4v) is 2.31. The molecule has 4 N–H and O–H groups in total. The van der Waals surface area contributed by atoms with Crippen molar-refractivity contribution < 1.29 is 9.59 Å². The van der Waals surface area contributed by atoms with Crippen molar-refractivity contribution in [3.63, 3.8) is 0 Å². The monoisotopic (exact) mass is 310 g/mol. The number of nitrogens with one attached hydrogen (secondary N) is 2. The Hall–Kier alpha value is -1.79. The van der Waals surface area contributed by atoms with Crippen LogP contribution in [0.2, 0.25) is 5.02 Å². The molecule has 114 valence electrons. The minimum Gasteiger partial charge on any atom is -0.397 e. The van der Waals surface area contributed by atoms with Crippen molar-refractivity contribution in [1.29, 1.82) is 0 Å². The van der Waals surface area contributed by atoms with Gasteiger partial charge in [0.2, 0.25) is 11.8 Å². The highest BCUT2D eigenvalue weighted by Crippen LogP contribution is 2.22. The number of halogens is 1. The average Bonchev–Trinajstić information content (AvgIpc) is 2.43. The third-order valence-electron chi connectivity index (χ3n) is 3.28. The van der Waals surface area contributed by atoms with Gasteiger partial charge in [0, 0.05) is 25.2 Å². The number of piperazine rings is 1. The Bertz CT molecular complexity index is 536. The molecule has 7 heteroatoms. The van der Waals surface area contributed by atoms with Crippen molar-refractivity contribution in [1.82, 2.24) is 10.2 Å². The molecule has 1 aromatic rings. The molecule has 0 bridgehead atoms. The Kier molecular flexibility index (Phi) is 5.41. The van der Waals surface area contributed by atoms with E-state index in [1.54, 1.807) is 18.2 Å². The maximum atomic E-state index is 11.8. The number of nitrogen functional groups attached to an aromatic ring is 1. The minimum absolute atomic E-state index is 0.0438. The molecule has 1 saturated heterocycles. The standard InChI is InChI=1S/C14H19ClN4O2/c15-11-4-3-10(8-12(11)16)18-13(20)2-1-6-19-7-5-17-14(21)9-19/h3-4,8H,1-2,5-7,9,16H2,(H,17,21)(H,18,20). The second kappa shape index (κ2) is 7.28. The van der Waals surface area contributed by atoms with Crippen molar-refractivity contribution in [3.8, 4) is 0 Å². The first-order valence-corrected chi connectivity index (χ1v) is 7.26. The van der Waals surface area contributed by atoms with Crippen molar-refractivity contribution >= 4 is 34.8 Å². The van der Waals surface area contributed by atoms with E-state index in [-0.39, 0.29) is 11.8 Å². The van der Waals surface area contributed by atoms with Gasteiger partial charge in [0.25, 0.3) is 0 Å². The van der Waals surface area contributed by atoms with Crippen LogP contribution in [0, 0.1) is 0 Å². The van der Waals surface area contributed by atoms with Crippen LogP contribution >= 0.6 is 11.6 Å². The predicted octanol–water partition coefficient (Wildman–Crippen LogP) is 1.07. The van der Waals surface area contributed by atoms with Crippen LogP contribution in [-0.4, -0.2) is 42.9 Å². The van der Waals surface area contributed by atoms with Gasteiger partial charge in [-0.2, -0.15) is 0 Å². The number of carbonyl (C=O) groups is 2. The second-order valence-corrected chi connectivity index (χ2v) is 5.42. The number of amides is 2. The molecule has 1 aliphatic heterocycles. The zero-order valence-electron chi connectivity index (χ0n) is 11.7. The molecule has 0 spiro atoms. The van der Waals surface area contributed by atoms with Gasteiger partial charge in [0.15, 0.2) is 0 Å². The van der Waals surface area contributed by atoms with Crippen molar-refractivity contribution in [2.45, 2.75) is 12.8 Å². The van der Waals surface area contributed by atoms with Gasteiger partial charge in [-0.1, -0.05) is 11.6 Å². The van der Waals surface area contributed by atoms with Crippen LogP contribution in [0.5, 0.6) is 0 Å². The molecule has 1 aromatic carbocycles. The molecule has 0 saturated carbocycles. The van der Waals surface area contributed by atoms with Gasteiger partial charge < -0.3 is 16.4 Å². The molecular weight excluding hydrogens is 292 g/mol. The molecule has 1 fully saturated rings. The normalized spacial score (nSPS) is 15.6. The van der Waals surface area contributed by atoms with E-state index in [0.29, 0.717) is 42.3 Å². The molecule has 0 radical (unpaired) electrons. The summed E-state index contributed by atoms with van der Waals surface area (Å²) in [6, 6.07) is 5.00. The predicted molar refractivity (Wildman–Crippen MR) is 83.2 cm³/mol. The fourth-order valence-electron chi connectivity index (χ4n) is 2.19. The van der Waals surface area contributed by atoms with Gasteiger partial charge >= 0.3 is 0 Å². The summed E-state index contributed by atoms with van der Waals surface area (Å²) >= 11 is 5.82. The Morgan fingerprint density at radius 3 is 3.00 bits per heavy atom. The highest BCUT2D eigenvalue weighted by Gasteiger charge is 2.15. The smallest absolute Gasteiger partial charge is 0.234 e. The first-order valence-electron chi connectivity index (χ1n) is 6.88. The SMILES string of the molecule is Nc1cc(NC(=O)CCCN2CCNC(=O)C2)ccc1Cl. The van der Waals surface area contributed by atoms with Gasteiger partial charge in [-0.25, -0.2) is 0 Å². The van der Waals surface area contributed by atoms with E-state index in [9.17, 15) is 9.59 Å². The van der Waals surface area contributed by atoms with E-state index in [4.69, 9.17) is 17.3 Å². The van der Waals surface area contributed by atoms with Gasteiger partial charge in [-0.15, -0.1) is 0 Å². The number of rotatable bonds is 5. The summed E-state index contributed by atoms with van der Waals surface area (Å²) in [5.41, 5.74) is 6.76. The third kappa shape index (κ3) is 4.91. The molecular formula is C14H19ClN4O2. The summed E-state index contributed by atoms with van der Waals surface area (Å²) in [6.45, 7) is 2.66. The lowest BCUT2D eigenvalue weighted by molar-refractivity contribution is -0.124. The van der Waals surface area contributed by atoms with Crippen LogP contribution in [0.1, 0.15) is 12.8 Å². The van der Waals surface area contributed by atoms with Gasteiger partial charge in [-0.05, 0) is 31.2 Å². The first kappa shape index (κ1) is 15.6. The van der Waals surface area contributed by atoms with Crippen molar-refractivity contribution in [2.75, 3.05) is 37.2 Å². The van der Waals surface area contributed by atoms with E-state index in [0.717, 1.165) is 13.1 Å². The Morgan fingerprint density at radius 1 is 1.48 bits per heavy atom. The third-order valence-corrected chi connectivity index (χ3v) is 3.62. The number of benzene rings is 1. The van der Waals surface area contributed by atoms with Gasteiger partial charge in [-0.3, -0.25) is 14.5 Å². The number of hydrogen-bond acceptors (Lipinski definition) is 4. The Labute approximate surface area is 128 Å². The molecule has 21 heavy (non-hydrogen) atoms. The summed E-state index contributed by atoms with van der Waals surface area (Å²) in [5, 5.41) is 6.02. The quantitative estimate of drug-likeness (QED) is 0.710. The van der Waals surface area contributed by atoms with Crippen LogP contribution in [0.15, 0.2) is 18.2 Å². The number of hydrogen-bond donors (Lipinski definition) is 3. The molecule has 0 unspecified atom stereocenters. The van der Waals surface area contributed by atoms with E-state index >= 15 is 0 Å². The van der Waals surface area contributed by atoms with E-state index in [2.05, 4.69) is 10.6 Å². The summed E-state index contributed by atoms with van der Waals surface area (Å²) < 4.78 is 0. The highest BCUT2D eigenvalue weighted by atomic mass is 35.5. The molecule has 0 aromatic heterocycles. The second-order valence-electron chi connectivity index (χ2n) is 5.01. The highest BCUT2D eigenvalue weighted by molar-refractivity contribution is 6.33. The largest absolute Gasteiger partial charge is 0.397 e. The average molecular weight is 311 g/mol. The van der Waals surface area contributed by atoms with Crippen molar-refractivity contribution in [3.05, 3.63) is 23.2 Å². The molecule has 0 aliphatic carbocycles. The summed E-state index contributed by atoms with van der Waals surface area (Å²) in [7, 11) is 0. The fraction of sp³-hybridized carbons (Fsp3) is 0.429. The van der Waals surface area contributed by atoms with Gasteiger partial charge in [0.05, 0.1) is 17.3 Å². The number of anilines is 2. The minimum atomic E-state index is -0.0711. The topological polar surface area (TPSA) is 87.5 Å². The van der Waals surface area contributed by atoms with Crippen LogP contribution < -0.4 is 16.4 Å². The molecule has 1 aliphatic rings. The summed E-state index contributed by atoms with van der Waals surface area (Å²) in [5.74, 6) is -0.0273. The number of nitrogens with zero attached hydrogens (tertiary/aromatic N) is 1. The van der Waals surface area contributed by atoms with Gasteiger partial charge in [0.1, 0.15) is 0 Å². The molecule has 1 heterocycles. The zero-order valence-corrected chi connectivity index (χ0v) is 12.4. The van der Waals surface area contributed by atoms with E-state index < -0.39 is 0 Å². The first-order chi connectivity index (χ1) is 10.0. The van der Waals surface area contributed by atoms with Crippen LogP contribution in [0.25, 0.3) is 0 Å².